The first kappa shape index (κ1) is 12.6. The number of carbonyl (C=O) groups excluding carboxylic acids is 1. The Balaban J connectivity index is 1.89. The average Bonchev–Trinajstić information content (AvgIpc) is 2.82. The predicted octanol–water partition coefficient (Wildman–Crippen LogP) is 1.89. The smallest absolute Gasteiger partial charge is 0.227 e. The van der Waals surface area contributed by atoms with Crippen LogP contribution in [0, 0.1) is 0 Å². The van der Waals surface area contributed by atoms with Gasteiger partial charge in [-0.3, -0.25) is 4.79 Å². The van der Waals surface area contributed by atoms with Gasteiger partial charge in [0.2, 0.25) is 5.91 Å². The van der Waals surface area contributed by atoms with Crippen LogP contribution in [-0.4, -0.2) is 25.5 Å². The standard InChI is InChI=1S/C13H20N2OS/c1-2-14-7-8-15-13(16)11-4-3-5-12-10(11)6-9-17-12/h6,9,11,14H,2-5,7-8H2,1H3,(H,15,16). The number of nitrogens with one attached hydrogen (secondary N) is 2. The van der Waals surface area contributed by atoms with Gasteiger partial charge in [-0.05, 0) is 42.8 Å². The van der Waals surface area contributed by atoms with Crippen molar-refractivity contribution < 1.29 is 4.79 Å². The molecule has 4 heteroatoms. The Hall–Kier alpha value is -0.870. The van der Waals surface area contributed by atoms with Gasteiger partial charge in [0, 0.05) is 18.0 Å². The Labute approximate surface area is 107 Å². The molecule has 1 aliphatic carbocycles. The van der Waals surface area contributed by atoms with Gasteiger partial charge >= 0.3 is 0 Å². The molecule has 1 unspecified atom stereocenters. The van der Waals surface area contributed by atoms with E-state index in [-0.39, 0.29) is 11.8 Å². The Morgan fingerprint density at radius 2 is 2.41 bits per heavy atom. The second kappa shape index (κ2) is 6.17. The van der Waals surface area contributed by atoms with Gasteiger partial charge in [0.05, 0.1) is 5.92 Å². The SMILES string of the molecule is CCNCCNC(=O)C1CCCc2sccc21. The van der Waals surface area contributed by atoms with Gasteiger partial charge in [-0.25, -0.2) is 0 Å². The summed E-state index contributed by atoms with van der Waals surface area (Å²) in [5, 5.41) is 8.34. The molecule has 2 rings (SSSR count). The van der Waals surface area contributed by atoms with Crippen molar-refractivity contribution in [1.82, 2.24) is 10.6 Å². The third-order valence-corrected chi connectivity index (χ3v) is 4.22. The van der Waals surface area contributed by atoms with Crippen LogP contribution in [0.5, 0.6) is 0 Å². The largest absolute Gasteiger partial charge is 0.354 e. The van der Waals surface area contributed by atoms with Crippen LogP contribution in [0.3, 0.4) is 0 Å². The van der Waals surface area contributed by atoms with E-state index in [1.54, 1.807) is 11.3 Å². The molecule has 94 valence electrons. The molecule has 1 aliphatic rings. The van der Waals surface area contributed by atoms with Gasteiger partial charge in [-0.15, -0.1) is 11.3 Å². The number of carbonyl (C=O) groups is 1. The highest BCUT2D eigenvalue weighted by atomic mass is 32.1. The van der Waals surface area contributed by atoms with Crippen molar-refractivity contribution in [3.63, 3.8) is 0 Å². The van der Waals surface area contributed by atoms with E-state index < -0.39 is 0 Å². The molecule has 0 fully saturated rings. The van der Waals surface area contributed by atoms with Crippen LogP contribution in [0.1, 0.15) is 36.1 Å². The third-order valence-electron chi connectivity index (χ3n) is 3.22. The molecule has 0 saturated carbocycles. The van der Waals surface area contributed by atoms with E-state index in [2.05, 4.69) is 29.0 Å². The Bertz CT molecular complexity index is 375. The zero-order valence-corrected chi connectivity index (χ0v) is 11.1. The van der Waals surface area contributed by atoms with Crippen molar-refractivity contribution in [2.75, 3.05) is 19.6 Å². The molecule has 0 aromatic carbocycles. The molecule has 1 amide bonds. The van der Waals surface area contributed by atoms with Crippen molar-refractivity contribution in [3.8, 4) is 0 Å². The second-order valence-electron chi connectivity index (χ2n) is 4.39. The Morgan fingerprint density at radius 3 is 3.24 bits per heavy atom. The highest BCUT2D eigenvalue weighted by Gasteiger charge is 2.26. The number of likely N-dealkylation sites (N-methyl/N-ethyl adjacent to an activating group) is 1. The summed E-state index contributed by atoms with van der Waals surface area (Å²) < 4.78 is 0. The molecular formula is C13H20N2OS. The highest BCUT2D eigenvalue weighted by Crippen LogP contribution is 2.34. The van der Waals surface area contributed by atoms with Crippen molar-refractivity contribution in [3.05, 3.63) is 21.9 Å². The van der Waals surface area contributed by atoms with Crippen LogP contribution in [0.4, 0.5) is 0 Å². The summed E-state index contributed by atoms with van der Waals surface area (Å²) in [6.07, 6.45) is 3.28. The number of fused-ring (bicyclic) bond motifs is 1. The van der Waals surface area contributed by atoms with E-state index in [0.29, 0.717) is 0 Å². The molecular weight excluding hydrogens is 232 g/mol. The van der Waals surface area contributed by atoms with Gasteiger partial charge in [0.25, 0.3) is 0 Å². The average molecular weight is 252 g/mol. The van der Waals surface area contributed by atoms with Crippen LogP contribution >= 0.6 is 11.3 Å². The molecule has 0 saturated heterocycles. The van der Waals surface area contributed by atoms with Crippen molar-refractivity contribution in [2.24, 2.45) is 0 Å². The highest BCUT2D eigenvalue weighted by molar-refractivity contribution is 7.10. The monoisotopic (exact) mass is 252 g/mol. The van der Waals surface area contributed by atoms with Gasteiger partial charge in [-0.2, -0.15) is 0 Å². The molecule has 2 N–H and O–H groups in total. The maximum Gasteiger partial charge on any atom is 0.227 e. The van der Waals surface area contributed by atoms with Gasteiger partial charge in [0.1, 0.15) is 0 Å². The van der Waals surface area contributed by atoms with Crippen LogP contribution in [0.15, 0.2) is 11.4 Å². The molecule has 0 bridgehead atoms. The summed E-state index contributed by atoms with van der Waals surface area (Å²) in [4.78, 5) is 13.5. The zero-order chi connectivity index (χ0) is 12.1. The Morgan fingerprint density at radius 1 is 1.53 bits per heavy atom. The lowest BCUT2D eigenvalue weighted by Crippen LogP contribution is -2.35. The predicted molar refractivity (Wildman–Crippen MR) is 71.6 cm³/mol. The molecule has 1 heterocycles. The first-order valence-corrected chi connectivity index (χ1v) is 7.25. The lowest BCUT2D eigenvalue weighted by Gasteiger charge is -2.21. The lowest BCUT2D eigenvalue weighted by atomic mass is 9.87. The van der Waals surface area contributed by atoms with Gasteiger partial charge < -0.3 is 10.6 Å². The van der Waals surface area contributed by atoms with Crippen LogP contribution < -0.4 is 10.6 Å². The van der Waals surface area contributed by atoms with Crippen LogP contribution in [0.2, 0.25) is 0 Å². The summed E-state index contributed by atoms with van der Waals surface area (Å²) >= 11 is 1.79. The van der Waals surface area contributed by atoms with Crippen LogP contribution in [-0.2, 0) is 11.2 Å². The molecule has 0 spiro atoms. The molecule has 1 aromatic rings. The number of thiophene rings is 1. The minimum Gasteiger partial charge on any atom is -0.354 e. The maximum absolute atomic E-state index is 12.1. The molecule has 1 aromatic heterocycles. The number of hydrogen-bond donors (Lipinski definition) is 2. The maximum atomic E-state index is 12.1. The topological polar surface area (TPSA) is 41.1 Å². The molecule has 0 aliphatic heterocycles. The van der Waals surface area contributed by atoms with E-state index in [0.717, 1.165) is 38.9 Å². The molecule has 17 heavy (non-hydrogen) atoms. The second-order valence-corrected chi connectivity index (χ2v) is 5.39. The van der Waals surface area contributed by atoms with Crippen molar-refractivity contribution in [2.45, 2.75) is 32.1 Å². The minimum absolute atomic E-state index is 0.0895. The molecule has 3 nitrogen and oxygen atoms in total. The lowest BCUT2D eigenvalue weighted by molar-refractivity contribution is -0.122. The normalized spacial score (nSPS) is 18.8. The molecule has 1 atom stereocenters. The van der Waals surface area contributed by atoms with E-state index in [9.17, 15) is 4.79 Å². The van der Waals surface area contributed by atoms with Crippen molar-refractivity contribution in [1.29, 1.82) is 0 Å². The summed E-state index contributed by atoms with van der Waals surface area (Å²) in [5.74, 6) is 0.286. The first-order chi connectivity index (χ1) is 8.33. The number of hydrogen-bond acceptors (Lipinski definition) is 3. The van der Waals surface area contributed by atoms with E-state index in [1.807, 2.05) is 0 Å². The fourth-order valence-corrected chi connectivity index (χ4v) is 3.32. The number of aryl methyl sites for hydroxylation is 1. The summed E-state index contributed by atoms with van der Waals surface area (Å²) in [7, 11) is 0. The fourth-order valence-electron chi connectivity index (χ4n) is 2.33. The van der Waals surface area contributed by atoms with E-state index in [4.69, 9.17) is 0 Å². The number of rotatable bonds is 5. The quantitative estimate of drug-likeness (QED) is 0.786. The van der Waals surface area contributed by atoms with E-state index >= 15 is 0 Å². The van der Waals surface area contributed by atoms with E-state index in [1.165, 1.54) is 10.4 Å². The van der Waals surface area contributed by atoms with Gasteiger partial charge in [0.15, 0.2) is 0 Å². The summed E-state index contributed by atoms with van der Waals surface area (Å²) in [5.41, 5.74) is 1.27. The number of amides is 1. The van der Waals surface area contributed by atoms with Gasteiger partial charge in [-0.1, -0.05) is 6.92 Å². The molecule has 0 radical (unpaired) electrons. The summed E-state index contributed by atoms with van der Waals surface area (Å²) in [6.45, 7) is 4.60. The zero-order valence-electron chi connectivity index (χ0n) is 10.3. The first-order valence-electron chi connectivity index (χ1n) is 6.37. The van der Waals surface area contributed by atoms with Crippen molar-refractivity contribution >= 4 is 17.2 Å². The summed E-state index contributed by atoms with van der Waals surface area (Å²) in [6, 6.07) is 2.12. The fraction of sp³-hybridized carbons (Fsp3) is 0.615. The van der Waals surface area contributed by atoms with Crippen LogP contribution in [0.25, 0.3) is 0 Å². The third kappa shape index (κ3) is 3.07. The Kier molecular flexibility index (Phi) is 4.57. The minimum atomic E-state index is 0.0895.